The second kappa shape index (κ2) is 9.64. The number of carbonyl (C=O) groups excluding carboxylic acids is 1. The Bertz CT molecular complexity index is 1200. The fraction of sp³-hybridized carbons (Fsp3) is 0.581. The number of allylic oxidation sites excluding steroid dienone is 2. The summed E-state index contributed by atoms with van der Waals surface area (Å²) in [6.45, 7) is 2.38. The van der Waals surface area contributed by atoms with Crippen molar-refractivity contribution >= 4 is 11.7 Å². The predicted molar refractivity (Wildman–Crippen MR) is 143 cm³/mol. The SMILES string of the molecule is CC1CC2=CCCC(Cc3nc4c(nc3NC(=O)CC3CCCCC3)CCc3cc(O)ccc3-4)(C2)C1. The van der Waals surface area contributed by atoms with Crippen LogP contribution >= 0.6 is 0 Å². The monoisotopic (exact) mass is 485 g/mol. The summed E-state index contributed by atoms with van der Waals surface area (Å²) in [7, 11) is 0. The highest BCUT2D eigenvalue weighted by molar-refractivity contribution is 5.90. The first-order chi connectivity index (χ1) is 17.5. The van der Waals surface area contributed by atoms with Crippen LogP contribution in [-0.4, -0.2) is 21.0 Å². The summed E-state index contributed by atoms with van der Waals surface area (Å²) in [4.78, 5) is 23.5. The summed E-state index contributed by atoms with van der Waals surface area (Å²) >= 11 is 0. The molecular weight excluding hydrogens is 446 g/mol. The first-order valence-electron chi connectivity index (χ1n) is 14.2. The van der Waals surface area contributed by atoms with Crippen molar-refractivity contribution in [3.8, 4) is 17.0 Å². The molecule has 1 heterocycles. The first-order valence-corrected chi connectivity index (χ1v) is 14.2. The summed E-state index contributed by atoms with van der Waals surface area (Å²) in [5, 5.41) is 13.3. The van der Waals surface area contributed by atoms with Gasteiger partial charge in [-0.3, -0.25) is 4.79 Å². The molecule has 5 nitrogen and oxygen atoms in total. The number of phenolic OH excluding ortho intramolecular Hbond substituents is 1. The molecule has 2 unspecified atom stereocenters. The standard InChI is InChI=1S/C31H39N3O2/c1-20-14-22-8-5-13-31(17-20,18-22)19-27-30(34-28(36)15-21-6-3-2-4-7-21)33-26-12-9-23-16-24(35)10-11-25(23)29(26)32-27/h8,10-11,16,20-21,35H,2-7,9,12-15,17-19H2,1H3,(H,33,34,36). The number of hydrogen-bond donors (Lipinski definition) is 2. The average Bonchev–Trinajstić information content (AvgIpc) is 2.84. The van der Waals surface area contributed by atoms with E-state index in [0.717, 1.165) is 73.2 Å². The van der Waals surface area contributed by atoms with Crippen molar-refractivity contribution in [2.24, 2.45) is 17.3 Å². The van der Waals surface area contributed by atoms with Crippen LogP contribution in [0.15, 0.2) is 29.8 Å². The molecule has 2 aromatic rings. The summed E-state index contributed by atoms with van der Waals surface area (Å²) in [5.74, 6) is 2.27. The number of nitrogens with one attached hydrogen (secondary N) is 1. The summed E-state index contributed by atoms with van der Waals surface area (Å²) in [5.41, 5.74) is 6.86. The minimum atomic E-state index is 0.0947. The van der Waals surface area contributed by atoms with Crippen LogP contribution in [0.1, 0.15) is 94.5 Å². The molecule has 36 heavy (non-hydrogen) atoms. The van der Waals surface area contributed by atoms with Gasteiger partial charge in [-0.05, 0) is 105 Å². The Morgan fingerprint density at radius 1 is 1.17 bits per heavy atom. The molecule has 2 atom stereocenters. The van der Waals surface area contributed by atoms with Crippen molar-refractivity contribution in [3.63, 3.8) is 0 Å². The van der Waals surface area contributed by atoms with Gasteiger partial charge in [0.1, 0.15) is 5.75 Å². The Balaban J connectivity index is 1.35. The highest BCUT2D eigenvalue weighted by atomic mass is 16.3. The lowest BCUT2D eigenvalue weighted by atomic mass is 9.61. The van der Waals surface area contributed by atoms with Crippen LogP contribution < -0.4 is 5.32 Å². The Labute approximate surface area is 214 Å². The molecule has 1 aromatic carbocycles. The Morgan fingerprint density at radius 3 is 2.89 bits per heavy atom. The van der Waals surface area contributed by atoms with Crippen molar-refractivity contribution in [2.75, 3.05) is 5.32 Å². The maximum Gasteiger partial charge on any atom is 0.225 e. The van der Waals surface area contributed by atoms with Gasteiger partial charge in [-0.2, -0.15) is 0 Å². The molecule has 2 N–H and O–H groups in total. The fourth-order valence-electron chi connectivity index (χ4n) is 7.62. The Hall–Kier alpha value is -2.69. The molecule has 5 heteroatoms. The van der Waals surface area contributed by atoms with E-state index in [1.54, 1.807) is 11.6 Å². The van der Waals surface area contributed by atoms with Crippen LogP contribution in [0.5, 0.6) is 5.75 Å². The molecule has 0 aliphatic heterocycles. The number of benzene rings is 1. The van der Waals surface area contributed by atoms with Gasteiger partial charge in [-0.25, -0.2) is 9.97 Å². The number of anilines is 1. The number of aromatic hydroxyl groups is 1. The van der Waals surface area contributed by atoms with Crippen LogP contribution in [0, 0.1) is 17.3 Å². The van der Waals surface area contributed by atoms with Gasteiger partial charge in [0.15, 0.2) is 5.82 Å². The molecule has 2 fully saturated rings. The van der Waals surface area contributed by atoms with Crippen molar-refractivity contribution in [3.05, 3.63) is 46.8 Å². The molecule has 4 aliphatic carbocycles. The highest BCUT2D eigenvalue weighted by Gasteiger charge is 2.40. The van der Waals surface area contributed by atoms with Gasteiger partial charge >= 0.3 is 0 Å². The van der Waals surface area contributed by atoms with Crippen LogP contribution in [0.2, 0.25) is 0 Å². The zero-order valence-corrected chi connectivity index (χ0v) is 21.6. The second-order valence-electron chi connectivity index (χ2n) is 12.2. The summed E-state index contributed by atoms with van der Waals surface area (Å²) < 4.78 is 0. The van der Waals surface area contributed by atoms with Crippen LogP contribution in [0.4, 0.5) is 5.82 Å². The third-order valence-electron chi connectivity index (χ3n) is 9.12. The molecule has 4 aliphatic rings. The average molecular weight is 486 g/mol. The van der Waals surface area contributed by atoms with Crippen LogP contribution in [-0.2, 0) is 24.1 Å². The highest BCUT2D eigenvalue weighted by Crippen LogP contribution is 2.51. The Morgan fingerprint density at radius 2 is 2.03 bits per heavy atom. The van der Waals surface area contributed by atoms with E-state index in [1.165, 1.54) is 38.5 Å². The molecule has 0 radical (unpaired) electrons. The number of amides is 1. The van der Waals surface area contributed by atoms with Crippen molar-refractivity contribution in [1.29, 1.82) is 0 Å². The number of hydrogen-bond acceptors (Lipinski definition) is 4. The van der Waals surface area contributed by atoms with Gasteiger partial charge in [-0.1, -0.05) is 37.8 Å². The van der Waals surface area contributed by atoms with Crippen LogP contribution in [0.3, 0.4) is 0 Å². The van der Waals surface area contributed by atoms with Gasteiger partial charge in [0.25, 0.3) is 0 Å². The number of phenols is 1. The van der Waals surface area contributed by atoms with Crippen molar-refractivity contribution in [1.82, 2.24) is 9.97 Å². The predicted octanol–water partition coefficient (Wildman–Crippen LogP) is 6.93. The topological polar surface area (TPSA) is 75.1 Å². The zero-order valence-electron chi connectivity index (χ0n) is 21.6. The van der Waals surface area contributed by atoms with Gasteiger partial charge in [-0.15, -0.1) is 0 Å². The molecule has 1 aromatic heterocycles. The van der Waals surface area contributed by atoms with Gasteiger partial charge in [0.2, 0.25) is 5.91 Å². The molecule has 2 bridgehead atoms. The van der Waals surface area contributed by atoms with Crippen LogP contribution in [0.25, 0.3) is 11.3 Å². The number of carbonyl (C=O) groups is 1. The molecular formula is C31H39N3O2. The molecule has 190 valence electrons. The minimum absolute atomic E-state index is 0.0947. The maximum absolute atomic E-state index is 13.2. The molecule has 6 rings (SSSR count). The number of rotatable bonds is 5. The normalized spacial score (nSPS) is 25.5. The van der Waals surface area contributed by atoms with E-state index in [2.05, 4.69) is 18.3 Å². The number of fused-ring (bicyclic) bond motifs is 5. The smallest absolute Gasteiger partial charge is 0.225 e. The lowest BCUT2D eigenvalue weighted by Crippen LogP contribution is -2.34. The first kappa shape index (κ1) is 23.7. The maximum atomic E-state index is 13.2. The van der Waals surface area contributed by atoms with E-state index in [1.807, 2.05) is 12.1 Å². The molecule has 1 amide bonds. The van der Waals surface area contributed by atoms with Gasteiger partial charge < -0.3 is 10.4 Å². The number of aromatic nitrogens is 2. The largest absolute Gasteiger partial charge is 0.508 e. The lowest BCUT2D eigenvalue weighted by Gasteiger charge is -2.44. The third kappa shape index (κ3) is 4.81. The fourth-order valence-corrected chi connectivity index (χ4v) is 7.62. The quantitative estimate of drug-likeness (QED) is 0.451. The molecule has 0 saturated heterocycles. The van der Waals surface area contributed by atoms with E-state index in [4.69, 9.17) is 9.97 Å². The van der Waals surface area contributed by atoms with Crippen molar-refractivity contribution in [2.45, 2.75) is 96.8 Å². The van der Waals surface area contributed by atoms with E-state index in [-0.39, 0.29) is 11.3 Å². The summed E-state index contributed by atoms with van der Waals surface area (Å²) in [6.07, 6.45) is 17.5. The van der Waals surface area contributed by atoms with Gasteiger partial charge in [0.05, 0.1) is 17.1 Å². The summed E-state index contributed by atoms with van der Waals surface area (Å²) in [6, 6.07) is 5.58. The van der Waals surface area contributed by atoms with E-state index >= 15 is 0 Å². The minimum Gasteiger partial charge on any atom is -0.508 e. The number of nitrogens with zero attached hydrogens (tertiary/aromatic N) is 2. The lowest BCUT2D eigenvalue weighted by molar-refractivity contribution is -0.117. The molecule has 2 saturated carbocycles. The van der Waals surface area contributed by atoms with E-state index in [0.29, 0.717) is 29.8 Å². The second-order valence-corrected chi connectivity index (χ2v) is 12.2. The van der Waals surface area contributed by atoms with E-state index < -0.39 is 0 Å². The molecule has 0 spiro atoms. The van der Waals surface area contributed by atoms with E-state index in [9.17, 15) is 9.90 Å². The zero-order chi connectivity index (χ0) is 24.7. The Kier molecular flexibility index (Phi) is 6.35. The third-order valence-corrected chi connectivity index (χ3v) is 9.12. The van der Waals surface area contributed by atoms with Crippen molar-refractivity contribution < 1.29 is 9.90 Å². The number of aryl methyl sites for hydroxylation is 2. The van der Waals surface area contributed by atoms with Gasteiger partial charge in [0, 0.05) is 12.0 Å².